The Morgan fingerprint density at radius 2 is 1.95 bits per heavy atom. The molecule has 0 fully saturated rings. The Morgan fingerprint density at radius 3 is 2.70 bits per heavy atom. The van der Waals surface area contributed by atoms with Gasteiger partial charge in [0.2, 0.25) is 0 Å². The lowest BCUT2D eigenvalue weighted by Crippen LogP contribution is -1.98. The van der Waals surface area contributed by atoms with Crippen molar-refractivity contribution in [2.45, 2.75) is 6.54 Å². The monoisotopic (exact) mass is 269 g/mol. The van der Waals surface area contributed by atoms with Crippen molar-refractivity contribution in [2.24, 2.45) is 0 Å². The van der Waals surface area contributed by atoms with Crippen LogP contribution in [0.2, 0.25) is 0 Å². The zero-order valence-electron chi connectivity index (χ0n) is 10.4. The fourth-order valence-corrected chi connectivity index (χ4v) is 1.93. The van der Waals surface area contributed by atoms with Crippen LogP contribution in [-0.2, 0) is 6.54 Å². The number of nitro groups is 1. The van der Waals surface area contributed by atoms with Gasteiger partial charge in [-0.15, -0.1) is 0 Å². The second kappa shape index (κ2) is 5.00. The van der Waals surface area contributed by atoms with E-state index in [0.717, 1.165) is 5.56 Å². The van der Waals surface area contributed by atoms with Gasteiger partial charge >= 0.3 is 0 Å². The third kappa shape index (κ3) is 2.31. The Balaban J connectivity index is 1.86. The Bertz CT molecular complexity index is 753. The van der Waals surface area contributed by atoms with Crippen molar-refractivity contribution in [1.29, 1.82) is 0 Å². The van der Waals surface area contributed by atoms with E-state index >= 15 is 0 Å². The SMILES string of the molecule is O=[N+]([O-])c1cccc2oc(NCc3ccccc3)nc12. The summed E-state index contributed by atoms with van der Waals surface area (Å²) in [5.41, 5.74) is 1.67. The molecule has 0 unspecified atom stereocenters. The molecule has 0 aliphatic carbocycles. The van der Waals surface area contributed by atoms with Gasteiger partial charge in [0, 0.05) is 12.6 Å². The molecule has 0 amide bonds. The van der Waals surface area contributed by atoms with Crippen LogP contribution in [0.1, 0.15) is 5.56 Å². The van der Waals surface area contributed by atoms with Crippen LogP contribution in [0, 0.1) is 10.1 Å². The number of fused-ring (bicyclic) bond motifs is 1. The fraction of sp³-hybridized carbons (Fsp3) is 0.0714. The Kier molecular flexibility index (Phi) is 3.04. The lowest BCUT2D eigenvalue weighted by Gasteiger charge is -2.00. The van der Waals surface area contributed by atoms with Gasteiger partial charge in [0.05, 0.1) is 4.92 Å². The van der Waals surface area contributed by atoms with Crippen LogP contribution >= 0.6 is 0 Å². The number of nitrogens with one attached hydrogen (secondary N) is 1. The molecule has 2 aromatic carbocycles. The average molecular weight is 269 g/mol. The molecular formula is C14H11N3O3. The number of rotatable bonds is 4. The molecule has 0 aliphatic rings. The van der Waals surface area contributed by atoms with E-state index in [1.54, 1.807) is 12.1 Å². The lowest BCUT2D eigenvalue weighted by molar-refractivity contribution is -0.383. The fourth-order valence-electron chi connectivity index (χ4n) is 1.93. The summed E-state index contributed by atoms with van der Waals surface area (Å²) in [6, 6.07) is 14.7. The van der Waals surface area contributed by atoms with E-state index in [-0.39, 0.29) is 17.2 Å². The first-order valence-electron chi connectivity index (χ1n) is 6.06. The number of hydrogen-bond acceptors (Lipinski definition) is 5. The van der Waals surface area contributed by atoms with E-state index in [4.69, 9.17) is 4.42 Å². The molecule has 1 heterocycles. The van der Waals surface area contributed by atoms with E-state index in [2.05, 4.69) is 10.3 Å². The van der Waals surface area contributed by atoms with Crippen molar-refractivity contribution in [2.75, 3.05) is 5.32 Å². The molecule has 1 aromatic heterocycles. The molecule has 0 saturated carbocycles. The molecule has 0 saturated heterocycles. The minimum atomic E-state index is -0.466. The number of oxazole rings is 1. The molecular weight excluding hydrogens is 258 g/mol. The highest BCUT2D eigenvalue weighted by molar-refractivity contribution is 5.83. The molecule has 3 rings (SSSR count). The quantitative estimate of drug-likeness (QED) is 0.580. The first-order chi connectivity index (χ1) is 9.74. The molecule has 0 radical (unpaired) electrons. The highest BCUT2D eigenvalue weighted by Crippen LogP contribution is 2.27. The topological polar surface area (TPSA) is 81.2 Å². The van der Waals surface area contributed by atoms with Gasteiger partial charge < -0.3 is 9.73 Å². The van der Waals surface area contributed by atoms with Crippen molar-refractivity contribution in [1.82, 2.24) is 4.98 Å². The molecule has 6 nitrogen and oxygen atoms in total. The Labute approximate surface area is 114 Å². The lowest BCUT2D eigenvalue weighted by atomic mass is 10.2. The third-order valence-electron chi connectivity index (χ3n) is 2.88. The molecule has 0 spiro atoms. The largest absolute Gasteiger partial charge is 0.423 e. The molecule has 6 heteroatoms. The molecule has 20 heavy (non-hydrogen) atoms. The molecule has 100 valence electrons. The van der Waals surface area contributed by atoms with Crippen molar-refractivity contribution < 1.29 is 9.34 Å². The summed E-state index contributed by atoms with van der Waals surface area (Å²) in [5, 5.41) is 13.9. The van der Waals surface area contributed by atoms with E-state index < -0.39 is 4.92 Å². The smallest absolute Gasteiger partial charge is 0.298 e. The van der Waals surface area contributed by atoms with Crippen LogP contribution in [0.4, 0.5) is 11.7 Å². The number of anilines is 1. The van der Waals surface area contributed by atoms with Crippen molar-refractivity contribution in [3.8, 4) is 0 Å². The maximum atomic E-state index is 10.9. The van der Waals surface area contributed by atoms with Gasteiger partial charge in [0.25, 0.3) is 11.7 Å². The summed E-state index contributed by atoms with van der Waals surface area (Å²) < 4.78 is 5.45. The second-order valence-corrected chi connectivity index (χ2v) is 4.24. The zero-order chi connectivity index (χ0) is 13.9. The summed E-state index contributed by atoms with van der Waals surface area (Å²) in [4.78, 5) is 14.6. The van der Waals surface area contributed by atoms with Crippen molar-refractivity contribution in [3.63, 3.8) is 0 Å². The van der Waals surface area contributed by atoms with E-state index in [1.807, 2.05) is 30.3 Å². The first kappa shape index (κ1) is 12.2. The molecule has 0 aliphatic heterocycles. The van der Waals surface area contributed by atoms with E-state index in [1.165, 1.54) is 6.07 Å². The molecule has 3 aromatic rings. The summed E-state index contributed by atoms with van der Waals surface area (Å²) in [5.74, 6) is 0. The third-order valence-corrected chi connectivity index (χ3v) is 2.88. The number of para-hydroxylation sites is 1. The second-order valence-electron chi connectivity index (χ2n) is 4.24. The summed E-state index contributed by atoms with van der Waals surface area (Å²) in [6.45, 7) is 0.543. The number of benzene rings is 2. The van der Waals surface area contributed by atoms with E-state index in [9.17, 15) is 10.1 Å². The number of hydrogen-bond donors (Lipinski definition) is 1. The Hall–Kier alpha value is -2.89. The molecule has 1 N–H and O–H groups in total. The van der Waals surface area contributed by atoms with Gasteiger partial charge in [0.15, 0.2) is 11.1 Å². The number of non-ortho nitro benzene ring substituents is 1. The summed E-state index contributed by atoms with van der Waals surface area (Å²) in [7, 11) is 0. The predicted molar refractivity (Wildman–Crippen MR) is 74.4 cm³/mol. The van der Waals surface area contributed by atoms with Gasteiger partial charge in [0.1, 0.15) is 0 Å². The van der Waals surface area contributed by atoms with Crippen molar-refractivity contribution in [3.05, 3.63) is 64.2 Å². The minimum Gasteiger partial charge on any atom is -0.423 e. The number of aromatic nitrogens is 1. The van der Waals surface area contributed by atoms with Crippen LogP contribution in [0.25, 0.3) is 11.1 Å². The van der Waals surface area contributed by atoms with Crippen molar-refractivity contribution >= 4 is 22.8 Å². The zero-order valence-corrected chi connectivity index (χ0v) is 10.4. The van der Waals surface area contributed by atoms with Crippen LogP contribution in [0.5, 0.6) is 0 Å². The maximum Gasteiger partial charge on any atom is 0.298 e. The van der Waals surface area contributed by atoms with Gasteiger partial charge in [-0.2, -0.15) is 4.98 Å². The van der Waals surface area contributed by atoms with Crippen LogP contribution < -0.4 is 5.32 Å². The standard InChI is InChI=1S/C14H11N3O3/c18-17(19)11-7-4-8-12-13(11)16-14(20-12)15-9-10-5-2-1-3-6-10/h1-8H,9H2,(H,15,16). The average Bonchev–Trinajstić information content (AvgIpc) is 2.88. The van der Waals surface area contributed by atoms with Gasteiger partial charge in [-0.1, -0.05) is 36.4 Å². The van der Waals surface area contributed by atoms with Gasteiger partial charge in [-0.05, 0) is 11.6 Å². The summed E-state index contributed by atoms with van der Waals surface area (Å²) >= 11 is 0. The van der Waals surface area contributed by atoms with Gasteiger partial charge in [-0.25, -0.2) is 0 Å². The molecule has 0 bridgehead atoms. The maximum absolute atomic E-state index is 10.9. The van der Waals surface area contributed by atoms with Crippen LogP contribution in [0.3, 0.4) is 0 Å². The highest BCUT2D eigenvalue weighted by atomic mass is 16.6. The van der Waals surface area contributed by atoms with Crippen LogP contribution in [0.15, 0.2) is 52.9 Å². The predicted octanol–water partition coefficient (Wildman–Crippen LogP) is 3.35. The minimum absolute atomic E-state index is 0.0565. The van der Waals surface area contributed by atoms with Crippen LogP contribution in [-0.4, -0.2) is 9.91 Å². The summed E-state index contributed by atoms with van der Waals surface area (Å²) in [6.07, 6.45) is 0. The first-order valence-corrected chi connectivity index (χ1v) is 6.06. The molecule has 0 atom stereocenters. The number of nitrogens with zero attached hydrogens (tertiary/aromatic N) is 2. The Morgan fingerprint density at radius 1 is 1.15 bits per heavy atom. The van der Waals surface area contributed by atoms with E-state index in [0.29, 0.717) is 12.1 Å². The highest BCUT2D eigenvalue weighted by Gasteiger charge is 2.17. The number of nitro benzene ring substituents is 1. The normalized spacial score (nSPS) is 10.6. The van der Waals surface area contributed by atoms with Gasteiger partial charge in [-0.3, -0.25) is 10.1 Å².